The van der Waals surface area contributed by atoms with E-state index in [1.54, 1.807) is 16.4 Å². The molecule has 11 heteroatoms. The normalized spacial score (nSPS) is 14.2. The van der Waals surface area contributed by atoms with Gasteiger partial charge in [0.1, 0.15) is 12.6 Å². The van der Waals surface area contributed by atoms with Gasteiger partial charge in [-0.15, -0.1) is 5.10 Å². The Bertz CT molecular complexity index is 1640. The predicted molar refractivity (Wildman–Crippen MR) is 176 cm³/mol. The molecular weight excluding hydrogens is 650 g/mol. The Balaban J connectivity index is 1.55. The minimum atomic E-state index is -0.578. The first-order valence-electron chi connectivity index (χ1n) is 14.1. The number of nitrogens with one attached hydrogen (secondary N) is 2. The van der Waals surface area contributed by atoms with Gasteiger partial charge in [-0.3, -0.25) is 4.79 Å². The van der Waals surface area contributed by atoms with Crippen LogP contribution in [0.15, 0.2) is 81.6 Å². The van der Waals surface area contributed by atoms with Crippen LogP contribution in [0.25, 0.3) is 0 Å². The van der Waals surface area contributed by atoms with Gasteiger partial charge in [0.15, 0.2) is 11.5 Å². The molecule has 8 nitrogen and oxygen atoms in total. The summed E-state index contributed by atoms with van der Waals surface area (Å²) in [6, 6.07) is 18.5. The highest BCUT2D eigenvalue weighted by atomic mass is 79.9. The van der Waals surface area contributed by atoms with Crippen molar-refractivity contribution in [3.63, 3.8) is 0 Å². The lowest BCUT2D eigenvalue weighted by Crippen LogP contribution is -2.31. The molecule has 0 fully saturated rings. The van der Waals surface area contributed by atoms with E-state index in [1.165, 1.54) is 0 Å². The number of hydrogen-bond donors (Lipinski definition) is 2. The molecule has 224 valence electrons. The fourth-order valence-corrected chi connectivity index (χ4v) is 6.09. The van der Waals surface area contributed by atoms with E-state index in [0.29, 0.717) is 62.3 Å². The number of rotatable bonds is 11. The number of carbonyl (C=O) groups is 1. The van der Waals surface area contributed by atoms with E-state index >= 15 is 0 Å². The summed E-state index contributed by atoms with van der Waals surface area (Å²) < 4.78 is 14.8. The number of allylic oxidation sites excluding steroid dienone is 1. The van der Waals surface area contributed by atoms with E-state index in [4.69, 9.17) is 31.2 Å². The summed E-state index contributed by atoms with van der Waals surface area (Å²) in [7, 11) is 0. The Morgan fingerprint density at radius 3 is 2.53 bits per heavy atom. The van der Waals surface area contributed by atoms with Crippen LogP contribution in [0.3, 0.4) is 0 Å². The summed E-state index contributed by atoms with van der Waals surface area (Å²) in [5.74, 6) is 2.35. The first-order chi connectivity index (χ1) is 20.8. The lowest BCUT2D eigenvalue weighted by Gasteiger charge is -2.29. The maximum atomic E-state index is 13.9. The van der Waals surface area contributed by atoms with E-state index < -0.39 is 6.04 Å². The topological polar surface area (TPSA) is 90.3 Å². The molecule has 0 saturated heterocycles. The lowest BCUT2D eigenvalue weighted by atomic mass is 9.94. The molecule has 0 radical (unpaired) electrons. The summed E-state index contributed by atoms with van der Waals surface area (Å²) >= 11 is 11.4. The van der Waals surface area contributed by atoms with Crippen molar-refractivity contribution in [1.29, 1.82) is 0 Å². The number of benzene rings is 3. The number of amides is 1. The van der Waals surface area contributed by atoms with Crippen molar-refractivity contribution >= 4 is 56.8 Å². The Hall–Kier alpha value is -3.47. The van der Waals surface area contributed by atoms with Crippen LogP contribution in [0.1, 0.15) is 49.9 Å². The maximum absolute atomic E-state index is 13.9. The van der Waals surface area contributed by atoms with Crippen molar-refractivity contribution in [2.75, 3.05) is 23.0 Å². The maximum Gasteiger partial charge on any atom is 0.255 e. The van der Waals surface area contributed by atoms with Gasteiger partial charge in [-0.25, -0.2) is 4.68 Å². The monoisotopic (exact) mass is 681 g/mol. The molecule has 1 amide bonds. The second-order valence-electron chi connectivity index (χ2n) is 10.1. The number of nitrogens with zero attached hydrogens (tertiary/aromatic N) is 3. The lowest BCUT2D eigenvalue weighted by molar-refractivity contribution is -0.113. The van der Waals surface area contributed by atoms with Crippen LogP contribution in [0, 0.1) is 6.92 Å². The third-order valence-corrected chi connectivity index (χ3v) is 8.65. The van der Waals surface area contributed by atoms with Gasteiger partial charge in [0.05, 0.1) is 16.7 Å². The number of anilines is 2. The molecule has 2 N–H and O–H groups in total. The largest absolute Gasteiger partial charge is 0.490 e. The zero-order chi connectivity index (χ0) is 30.5. The smallest absolute Gasteiger partial charge is 0.255 e. The molecule has 4 aromatic rings. The summed E-state index contributed by atoms with van der Waals surface area (Å²) in [5, 5.41) is 12.5. The van der Waals surface area contributed by atoms with E-state index in [2.05, 4.69) is 33.5 Å². The van der Waals surface area contributed by atoms with Crippen molar-refractivity contribution in [2.24, 2.45) is 0 Å². The average Bonchev–Trinajstić information content (AvgIpc) is 3.39. The highest BCUT2D eigenvalue weighted by molar-refractivity contribution is 9.10. The van der Waals surface area contributed by atoms with Crippen LogP contribution in [0.5, 0.6) is 11.5 Å². The highest BCUT2D eigenvalue weighted by Crippen LogP contribution is 2.43. The summed E-state index contributed by atoms with van der Waals surface area (Å²) in [5.41, 5.74) is 4.80. The molecule has 3 aromatic carbocycles. The van der Waals surface area contributed by atoms with E-state index in [9.17, 15) is 4.79 Å². The van der Waals surface area contributed by atoms with Crippen LogP contribution in [0.2, 0.25) is 5.02 Å². The molecule has 1 unspecified atom stereocenters. The van der Waals surface area contributed by atoms with Crippen LogP contribution in [-0.2, 0) is 11.4 Å². The highest BCUT2D eigenvalue weighted by Gasteiger charge is 2.35. The summed E-state index contributed by atoms with van der Waals surface area (Å²) in [6.07, 6.45) is 0.995. The van der Waals surface area contributed by atoms with Gasteiger partial charge in [0, 0.05) is 22.2 Å². The average molecular weight is 683 g/mol. The summed E-state index contributed by atoms with van der Waals surface area (Å²) in [6.45, 7) is 8.70. The zero-order valence-electron chi connectivity index (χ0n) is 24.4. The Morgan fingerprint density at radius 2 is 1.84 bits per heavy atom. The van der Waals surface area contributed by atoms with Crippen LogP contribution in [0.4, 0.5) is 11.6 Å². The van der Waals surface area contributed by atoms with Gasteiger partial charge in [-0.2, -0.15) is 4.98 Å². The van der Waals surface area contributed by atoms with Gasteiger partial charge >= 0.3 is 0 Å². The molecule has 0 saturated carbocycles. The number of fused-ring (bicyclic) bond motifs is 1. The molecule has 2 heterocycles. The molecule has 0 aliphatic carbocycles. The number of halogens is 2. The molecule has 0 spiro atoms. The van der Waals surface area contributed by atoms with Crippen LogP contribution >= 0.6 is 39.3 Å². The molecule has 5 rings (SSSR count). The first kappa shape index (κ1) is 31.0. The van der Waals surface area contributed by atoms with Crippen molar-refractivity contribution < 1.29 is 14.3 Å². The van der Waals surface area contributed by atoms with E-state index in [0.717, 1.165) is 28.9 Å². The second kappa shape index (κ2) is 13.9. The van der Waals surface area contributed by atoms with Crippen LogP contribution in [-0.4, -0.2) is 33.0 Å². The fraction of sp³-hybridized carbons (Fsp3) is 0.281. The molecule has 43 heavy (non-hydrogen) atoms. The van der Waals surface area contributed by atoms with Crippen molar-refractivity contribution in [2.45, 2.75) is 51.9 Å². The number of hydrogen-bond acceptors (Lipinski definition) is 7. The quantitative estimate of drug-likeness (QED) is 0.154. The third-order valence-electron chi connectivity index (χ3n) is 6.77. The number of thioether (sulfide) groups is 1. The van der Waals surface area contributed by atoms with Gasteiger partial charge in [0.2, 0.25) is 11.1 Å². The minimum Gasteiger partial charge on any atom is -0.490 e. The van der Waals surface area contributed by atoms with Gasteiger partial charge in [-0.05, 0) is 90.6 Å². The molecule has 1 aliphatic rings. The second-order valence-corrected chi connectivity index (χ2v) is 12.4. The Labute approximate surface area is 269 Å². The van der Waals surface area contributed by atoms with Crippen LogP contribution < -0.4 is 20.1 Å². The third kappa shape index (κ3) is 7.20. The number of aryl methyl sites for hydroxylation is 1. The van der Waals surface area contributed by atoms with E-state index in [1.807, 2.05) is 81.4 Å². The van der Waals surface area contributed by atoms with Gasteiger partial charge in [-0.1, -0.05) is 60.1 Å². The zero-order valence-corrected chi connectivity index (χ0v) is 27.6. The molecule has 1 aliphatic heterocycles. The fourth-order valence-electron chi connectivity index (χ4n) is 4.71. The molecular formula is C32H33BrClN5O3S. The SMILES string of the molecule is CCCSc1nc2n(n1)C(c1cc(Br)c(OCc3ccc(Cl)cc3)c(OCC)c1)C(C(=O)Nc1ccc(C)cc1)=C(C)N2. The van der Waals surface area contributed by atoms with Crippen molar-refractivity contribution in [3.05, 3.63) is 98.1 Å². The molecule has 1 aromatic heterocycles. The standard InChI is InChI=1S/C32H33BrClN5O3S/c1-5-15-43-32-37-31-35-20(4)27(30(40)36-24-13-7-19(3)8-14-24)28(39(31)38-32)22-16-25(33)29(26(17-22)41-6-2)42-18-21-9-11-23(34)12-10-21/h7-14,16-17,28H,5-6,15,18H2,1-4H3,(H,36,40)(H,35,37,38). The molecule has 1 atom stereocenters. The first-order valence-corrected chi connectivity index (χ1v) is 16.2. The number of ether oxygens (including phenoxy) is 2. The summed E-state index contributed by atoms with van der Waals surface area (Å²) in [4.78, 5) is 18.7. The number of aromatic nitrogens is 3. The predicted octanol–water partition coefficient (Wildman–Crippen LogP) is 8.41. The van der Waals surface area contributed by atoms with Crippen molar-refractivity contribution in [1.82, 2.24) is 14.8 Å². The van der Waals surface area contributed by atoms with E-state index in [-0.39, 0.29) is 5.91 Å². The van der Waals surface area contributed by atoms with Crippen molar-refractivity contribution in [3.8, 4) is 11.5 Å². The Kier molecular flexibility index (Phi) is 10.00. The minimum absolute atomic E-state index is 0.236. The van der Waals surface area contributed by atoms with Gasteiger partial charge in [0.25, 0.3) is 5.91 Å². The van der Waals surface area contributed by atoms with Gasteiger partial charge < -0.3 is 20.1 Å². The number of carbonyl (C=O) groups excluding carboxylic acids is 1. The Morgan fingerprint density at radius 1 is 1.09 bits per heavy atom. The molecule has 0 bridgehead atoms.